The fourth-order valence-corrected chi connectivity index (χ4v) is 2.56. The Morgan fingerprint density at radius 3 is 2.63 bits per heavy atom. The Hall–Kier alpha value is -1.42. The molecule has 1 saturated carbocycles. The molecule has 0 spiro atoms. The van der Waals surface area contributed by atoms with Gasteiger partial charge >= 0.3 is 0 Å². The molecule has 4 heteroatoms. The number of hydrogen-bond acceptors (Lipinski definition) is 2. The van der Waals surface area contributed by atoms with Gasteiger partial charge in [-0.2, -0.15) is 0 Å². The molecule has 2 rings (SSSR count). The maximum Gasteiger partial charge on any atom is 0.238 e. The lowest BCUT2D eigenvalue weighted by molar-refractivity contribution is -0.115. The van der Waals surface area contributed by atoms with Crippen molar-refractivity contribution in [1.82, 2.24) is 5.32 Å². The second kappa shape index (κ2) is 6.15. The molecule has 0 aromatic heterocycles. The summed E-state index contributed by atoms with van der Waals surface area (Å²) in [6.45, 7) is 2.38. The zero-order chi connectivity index (χ0) is 13.7. The molecule has 0 heterocycles. The van der Waals surface area contributed by atoms with Crippen LogP contribution < -0.4 is 10.6 Å². The highest BCUT2D eigenvalue weighted by atomic mass is 19.1. The summed E-state index contributed by atoms with van der Waals surface area (Å²) in [5, 5.41) is 5.89. The van der Waals surface area contributed by atoms with Crippen LogP contribution in [-0.2, 0) is 4.79 Å². The van der Waals surface area contributed by atoms with Crippen LogP contribution in [-0.4, -0.2) is 18.0 Å². The Kier molecular flexibility index (Phi) is 4.53. The fraction of sp³-hybridized carbons (Fsp3) is 0.533. The molecule has 3 nitrogen and oxygen atoms in total. The fourth-order valence-electron chi connectivity index (χ4n) is 2.56. The van der Waals surface area contributed by atoms with Crippen LogP contribution in [0.15, 0.2) is 24.3 Å². The van der Waals surface area contributed by atoms with Crippen molar-refractivity contribution in [1.29, 1.82) is 0 Å². The molecule has 1 aromatic rings. The van der Waals surface area contributed by atoms with Crippen LogP contribution >= 0.6 is 0 Å². The van der Waals surface area contributed by atoms with E-state index >= 15 is 0 Å². The van der Waals surface area contributed by atoms with E-state index in [1.807, 2.05) is 0 Å². The van der Waals surface area contributed by atoms with Crippen molar-refractivity contribution >= 4 is 11.6 Å². The van der Waals surface area contributed by atoms with Crippen molar-refractivity contribution in [3.63, 3.8) is 0 Å². The minimum atomic E-state index is -0.403. The summed E-state index contributed by atoms with van der Waals surface area (Å²) < 4.78 is 13.4. The zero-order valence-electron chi connectivity index (χ0n) is 11.3. The predicted octanol–water partition coefficient (Wildman–Crippen LogP) is 3.08. The van der Waals surface area contributed by atoms with E-state index in [1.165, 1.54) is 25.3 Å². The Bertz CT molecular complexity index is 442. The average molecular weight is 264 g/mol. The van der Waals surface area contributed by atoms with Crippen LogP contribution in [0.1, 0.15) is 39.0 Å². The maximum absolute atomic E-state index is 13.4. The smallest absolute Gasteiger partial charge is 0.238 e. The van der Waals surface area contributed by atoms with Crippen molar-refractivity contribution in [2.24, 2.45) is 0 Å². The van der Waals surface area contributed by atoms with Crippen molar-refractivity contribution < 1.29 is 9.18 Å². The molecular formula is C15H21FN2O. The first kappa shape index (κ1) is 14.0. The average Bonchev–Trinajstić information content (AvgIpc) is 2.40. The van der Waals surface area contributed by atoms with Crippen LogP contribution in [0.4, 0.5) is 10.1 Å². The molecule has 104 valence electrons. The van der Waals surface area contributed by atoms with Crippen molar-refractivity contribution in [2.45, 2.75) is 44.6 Å². The van der Waals surface area contributed by atoms with E-state index in [4.69, 9.17) is 0 Å². The molecule has 1 aromatic carbocycles. The largest absolute Gasteiger partial charge is 0.322 e. The lowest BCUT2D eigenvalue weighted by Gasteiger charge is -2.34. The lowest BCUT2D eigenvalue weighted by Crippen LogP contribution is -2.47. The van der Waals surface area contributed by atoms with E-state index in [0.717, 1.165) is 12.8 Å². The van der Waals surface area contributed by atoms with E-state index in [1.54, 1.807) is 18.2 Å². The normalized spacial score (nSPS) is 18.0. The molecule has 0 unspecified atom stereocenters. The summed E-state index contributed by atoms with van der Waals surface area (Å²) >= 11 is 0. The third-order valence-corrected chi connectivity index (χ3v) is 3.78. The summed E-state index contributed by atoms with van der Waals surface area (Å²) in [5.74, 6) is -0.600. The summed E-state index contributed by atoms with van der Waals surface area (Å²) in [7, 11) is 0. The Morgan fingerprint density at radius 1 is 1.26 bits per heavy atom. The third-order valence-electron chi connectivity index (χ3n) is 3.78. The van der Waals surface area contributed by atoms with E-state index in [9.17, 15) is 9.18 Å². The first-order chi connectivity index (χ1) is 9.09. The number of nitrogens with one attached hydrogen (secondary N) is 2. The van der Waals surface area contributed by atoms with Gasteiger partial charge in [0.2, 0.25) is 5.91 Å². The highest BCUT2D eigenvalue weighted by Crippen LogP contribution is 2.27. The number of rotatable bonds is 4. The molecule has 0 aliphatic heterocycles. The van der Waals surface area contributed by atoms with Gasteiger partial charge in [-0.15, -0.1) is 0 Å². The van der Waals surface area contributed by atoms with Gasteiger partial charge in [-0.3, -0.25) is 4.79 Å². The van der Waals surface area contributed by atoms with Crippen LogP contribution in [0.3, 0.4) is 0 Å². The van der Waals surface area contributed by atoms with Gasteiger partial charge < -0.3 is 10.6 Å². The quantitative estimate of drug-likeness (QED) is 0.877. The number of benzene rings is 1. The number of anilines is 1. The third kappa shape index (κ3) is 4.03. The van der Waals surface area contributed by atoms with Crippen LogP contribution in [0.25, 0.3) is 0 Å². The molecule has 0 atom stereocenters. The van der Waals surface area contributed by atoms with Gasteiger partial charge in [0.05, 0.1) is 12.2 Å². The van der Waals surface area contributed by atoms with Gasteiger partial charge in [0.15, 0.2) is 0 Å². The van der Waals surface area contributed by atoms with Gasteiger partial charge in [-0.1, -0.05) is 31.4 Å². The van der Waals surface area contributed by atoms with Crippen molar-refractivity contribution in [2.75, 3.05) is 11.9 Å². The highest BCUT2D eigenvalue weighted by molar-refractivity contribution is 5.92. The zero-order valence-corrected chi connectivity index (χ0v) is 11.3. The van der Waals surface area contributed by atoms with Crippen LogP contribution in [0, 0.1) is 5.82 Å². The summed E-state index contributed by atoms with van der Waals surface area (Å²) in [6.07, 6.45) is 5.88. The molecular weight excluding hydrogens is 243 g/mol. The van der Waals surface area contributed by atoms with Gasteiger partial charge in [0, 0.05) is 5.54 Å². The number of carbonyl (C=O) groups is 1. The molecule has 1 amide bonds. The molecule has 1 fully saturated rings. The first-order valence-electron chi connectivity index (χ1n) is 6.88. The minimum absolute atomic E-state index is 0.0465. The van der Waals surface area contributed by atoms with E-state index in [0.29, 0.717) is 0 Å². The predicted molar refractivity (Wildman–Crippen MR) is 74.5 cm³/mol. The standard InChI is InChI=1S/C15H21FN2O/c1-15(9-5-2-6-10-15)17-11-14(19)18-13-8-4-3-7-12(13)16/h3-4,7-8,17H,2,5-6,9-11H2,1H3,(H,18,19). The lowest BCUT2D eigenvalue weighted by atomic mass is 9.83. The molecule has 19 heavy (non-hydrogen) atoms. The van der Waals surface area contributed by atoms with Gasteiger partial charge in [-0.05, 0) is 31.9 Å². The molecule has 2 N–H and O–H groups in total. The second-order valence-corrected chi connectivity index (χ2v) is 5.50. The highest BCUT2D eigenvalue weighted by Gasteiger charge is 2.26. The number of halogens is 1. The number of carbonyl (C=O) groups excluding carboxylic acids is 1. The Balaban J connectivity index is 1.83. The van der Waals surface area contributed by atoms with Crippen LogP contribution in [0.2, 0.25) is 0 Å². The molecule has 1 aliphatic rings. The molecule has 0 saturated heterocycles. The van der Waals surface area contributed by atoms with Crippen LogP contribution in [0.5, 0.6) is 0 Å². The van der Waals surface area contributed by atoms with Gasteiger partial charge in [0.1, 0.15) is 5.82 Å². The first-order valence-corrected chi connectivity index (χ1v) is 6.88. The molecule has 0 radical (unpaired) electrons. The second-order valence-electron chi connectivity index (χ2n) is 5.50. The number of amides is 1. The minimum Gasteiger partial charge on any atom is -0.322 e. The van der Waals surface area contributed by atoms with E-state index < -0.39 is 5.82 Å². The Morgan fingerprint density at radius 2 is 1.95 bits per heavy atom. The van der Waals surface area contributed by atoms with E-state index in [-0.39, 0.29) is 23.7 Å². The van der Waals surface area contributed by atoms with E-state index in [2.05, 4.69) is 17.6 Å². The molecule has 0 bridgehead atoms. The summed E-state index contributed by atoms with van der Waals surface area (Å²) in [5.41, 5.74) is 0.285. The number of hydrogen-bond donors (Lipinski definition) is 2. The molecule has 1 aliphatic carbocycles. The topological polar surface area (TPSA) is 41.1 Å². The maximum atomic E-state index is 13.4. The van der Waals surface area contributed by atoms with Crippen molar-refractivity contribution in [3.8, 4) is 0 Å². The summed E-state index contributed by atoms with van der Waals surface area (Å²) in [6, 6.07) is 6.21. The van der Waals surface area contributed by atoms with Gasteiger partial charge in [0.25, 0.3) is 0 Å². The van der Waals surface area contributed by atoms with Gasteiger partial charge in [-0.25, -0.2) is 4.39 Å². The SMILES string of the molecule is CC1(NCC(=O)Nc2ccccc2F)CCCCC1. The Labute approximate surface area is 113 Å². The monoisotopic (exact) mass is 264 g/mol. The summed E-state index contributed by atoms with van der Waals surface area (Å²) in [4.78, 5) is 11.8. The number of para-hydroxylation sites is 1. The van der Waals surface area contributed by atoms with Crippen molar-refractivity contribution in [3.05, 3.63) is 30.1 Å².